The monoisotopic (exact) mass is 182 g/mol. The molecule has 0 aliphatic heterocycles. The number of hydrogen-bond acceptors (Lipinski definition) is 3. The predicted molar refractivity (Wildman–Crippen MR) is 43.1 cm³/mol. The molecule has 0 saturated heterocycles. The molecule has 0 bridgehead atoms. The highest BCUT2D eigenvalue weighted by atomic mass is 19.1. The minimum Gasteiger partial charge on any atom is -0.426 e. The molecule has 0 amide bonds. The van der Waals surface area contributed by atoms with Crippen LogP contribution in [0.2, 0.25) is 0 Å². The minimum absolute atomic E-state index is 0.0532. The van der Waals surface area contributed by atoms with E-state index in [4.69, 9.17) is 0 Å². The highest BCUT2D eigenvalue weighted by Gasteiger charge is 2.06. The molecule has 0 heterocycles. The number of hydrogen-bond donors (Lipinski definition) is 0. The molecule has 0 radical (unpaired) electrons. The predicted octanol–water partition coefficient (Wildman–Crippen LogP) is 1.56. The average Bonchev–Trinajstić information content (AvgIpc) is 2.03. The normalized spacial score (nSPS) is 9.38. The summed E-state index contributed by atoms with van der Waals surface area (Å²) < 4.78 is 17.2. The molecule has 0 aliphatic carbocycles. The van der Waals surface area contributed by atoms with Gasteiger partial charge in [0.15, 0.2) is 6.29 Å². The van der Waals surface area contributed by atoms with Crippen LogP contribution in [0, 0.1) is 5.82 Å². The van der Waals surface area contributed by atoms with E-state index in [1.165, 1.54) is 13.0 Å². The van der Waals surface area contributed by atoms with Crippen LogP contribution in [0.1, 0.15) is 17.3 Å². The Balaban J connectivity index is 3.07. The smallest absolute Gasteiger partial charge is 0.308 e. The number of ether oxygens (including phenoxy) is 1. The van der Waals surface area contributed by atoms with Crippen LogP contribution in [0.25, 0.3) is 0 Å². The van der Waals surface area contributed by atoms with Crippen molar-refractivity contribution in [3.05, 3.63) is 29.6 Å². The molecule has 0 N–H and O–H groups in total. The Morgan fingerprint density at radius 1 is 1.54 bits per heavy atom. The van der Waals surface area contributed by atoms with Gasteiger partial charge in [0.25, 0.3) is 0 Å². The minimum atomic E-state index is -0.589. The molecule has 1 aromatic rings. The van der Waals surface area contributed by atoms with E-state index in [0.717, 1.165) is 12.1 Å². The molecule has 0 unspecified atom stereocenters. The Hall–Kier alpha value is -1.71. The molecule has 0 aromatic heterocycles. The van der Waals surface area contributed by atoms with Gasteiger partial charge in [-0.1, -0.05) is 0 Å². The number of rotatable bonds is 2. The number of halogens is 1. The Kier molecular flexibility index (Phi) is 2.74. The van der Waals surface area contributed by atoms with E-state index in [2.05, 4.69) is 4.74 Å². The van der Waals surface area contributed by atoms with Crippen molar-refractivity contribution in [2.75, 3.05) is 0 Å². The van der Waals surface area contributed by atoms with Gasteiger partial charge in [0.1, 0.15) is 11.6 Å². The molecule has 0 aliphatic rings. The molecule has 0 fully saturated rings. The van der Waals surface area contributed by atoms with E-state index in [9.17, 15) is 14.0 Å². The first-order valence-electron chi connectivity index (χ1n) is 3.56. The average molecular weight is 182 g/mol. The van der Waals surface area contributed by atoms with Crippen molar-refractivity contribution >= 4 is 12.3 Å². The van der Waals surface area contributed by atoms with E-state index in [0.29, 0.717) is 6.29 Å². The van der Waals surface area contributed by atoms with Crippen molar-refractivity contribution < 1.29 is 18.7 Å². The standard InChI is InChI=1S/C9H7FO3/c1-6(12)13-9-4-8(10)3-2-7(9)5-11/h2-5H,1H3. The van der Waals surface area contributed by atoms with Crippen molar-refractivity contribution in [3.8, 4) is 5.75 Å². The molecule has 3 nitrogen and oxygen atoms in total. The molecule has 13 heavy (non-hydrogen) atoms. The highest BCUT2D eigenvalue weighted by Crippen LogP contribution is 2.17. The van der Waals surface area contributed by atoms with Crippen LogP contribution in [0.15, 0.2) is 18.2 Å². The van der Waals surface area contributed by atoms with Crippen LogP contribution in [-0.4, -0.2) is 12.3 Å². The van der Waals surface area contributed by atoms with Crippen molar-refractivity contribution in [3.63, 3.8) is 0 Å². The van der Waals surface area contributed by atoms with Gasteiger partial charge in [-0.3, -0.25) is 9.59 Å². The fourth-order valence-electron chi connectivity index (χ4n) is 0.849. The lowest BCUT2D eigenvalue weighted by molar-refractivity contribution is -0.131. The zero-order chi connectivity index (χ0) is 9.84. The number of aldehydes is 1. The lowest BCUT2D eigenvalue weighted by Gasteiger charge is -2.03. The highest BCUT2D eigenvalue weighted by molar-refractivity contribution is 5.81. The maximum absolute atomic E-state index is 12.6. The SMILES string of the molecule is CC(=O)Oc1cc(F)ccc1C=O. The molecular formula is C9H7FO3. The zero-order valence-corrected chi connectivity index (χ0v) is 6.91. The number of carbonyl (C=O) groups excluding carboxylic acids is 2. The van der Waals surface area contributed by atoms with Crippen LogP contribution >= 0.6 is 0 Å². The number of benzene rings is 1. The summed E-state index contributed by atoms with van der Waals surface area (Å²) in [5.74, 6) is -1.20. The summed E-state index contributed by atoms with van der Waals surface area (Å²) in [6.45, 7) is 1.18. The quantitative estimate of drug-likeness (QED) is 0.396. The summed E-state index contributed by atoms with van der Waals surface area (Å²) in [5, 5.41) is 0. The second-order valence-electron chi connectivity index (χ2n) is 2.39. The summed E-state index contributed by atoms with van der Waals surface area (Å²) in [6, 6.07) is 3.36. The van der Waals surface area contributed by atoms with Gasteiger partial charge in [-0.25, -0.2) is 4.39 Å². The van der Waals surface area contributed by atoms with Crippen LogP contribution in [0.5, 0.6) is 5.75 Å². The third-order valence-electron chi connectivity index (χ3n) is 1.36. The first-order chi connectivity index (χ1) is 6.13. The Morgan fingerprint density at radius 3 is 2.77 bits per heavy atom. The van der Waals surface area contributed by atoms with Gasteiger partial charge in [-0.05, 0) is 12.1 Å². The van der Waals surface area contributed by atoms with Gasteiger partial charge in [0.2, 0.25) is 0 Å². The fourth-order valence-corrected chi connectivity index (χ4v) is 0.849. The van der Waals surface area contributed by atoms with Gasteiger partial charge in [-0.15, -0.1) is 0 Å². The first kappa shape index (κ1) is 9.38. The Bertz CT molecular complexity index is 347. The van der Waals surface area contributed by atoms with Crippen molar-refractivity contribution in [1.82, 2.24) is 0 Å². The summed E-state index contributed by atoms with van der Waals surface area (Å²) >= 11 is 0. The largest absolute Gasteiger partial charge is 0.426 e. The molecule has 1 rings (SSSR count). The van der Waals surface area contributed by atoms with Gasteiger partial charge >= 0.3 is 5.97 Å². The number of carbonyl (C=O) groups is 2. The van der Waals surface area contributed by atoms with E-state index in [1.807, 2.05) is 0 Å². The van der Waals surface area contributed by atoms with E-state index >= 15 is 0 Å². The summed E-state index contributed by atoms with van der Waals surface area (Å²) in [4.78, 5) is 20.9. The molecule has 4 heteroatoms. The van der Waals surface area contributed by atoms with Crippen LogP contribution < -0.4 is 4.74 Å². The van der Waals surface area contributed by atoms with E-state index in [1.54, 1.807) is 0 Å². The van der Waals surface area contributed by atoms with Crippen LogP contribution in [0.3, 0.4) is 0 Å². The number of esters is 1. The Labute approximate surface area is 74.1 Å². The lowest BCUT2D eigenvalue weighted by atomic mass is 10.2. The Morgan fingerprint density at radius 2 is 2.23 bits per heavy atom. The van der Waals surface area contributed by atoms with Crippen molar-refractivity contribution in [2.45, 2.75) is 6.92 Å². The topological polar surface area (TPSA) is 43.4 Å². The molecular weight excluding hydrogens is 175 g/mol. The van der Waals surface area contributed by atoms with Gasteiger partial charge in [0, 0.05) is 13.0 Å². The first-order valence-corrected chi connectivity index (χ1v) is 3.56. The van der Waals surface area contributed by atoms with Crippen molar-refractivity contribution in [1.29, 1.82) is 0 Å². The summed E-state index contributed by atoms with van der Waals surface area (Å²) in [6.07, 6.45) is 0.498. The third kappa shape index (κ3) is 2.37. The van der Waals surface area contributed by atoms with Gasteiger partial charge < -0.3 is 4.74 Å². The fraction of sp³-hybridized carbons (Fsp3) is 0.111. The van der Waals surface area contributed by atoms with E-state index < -0.39 is 11.8 Å². The summed E-state index contributed by atoms with van der Waals surface area (Å²) in [7, 11) is 0. The van der Waals surface area contributed by atoms with Crippen LogP contribution in [0.4, 0.5) is 4.39 Å². The molecule has 0 spiro atoms. The lowest BCUT2D eigenvalue weighted by Crippen LogP contribution is -2.04. The maximum Gasteiger partial charge on any atom is 0.308 e. The third-order valence-corrected chi connectivity index (χ3v) is 1.36. The molecule has 1 aromatic carbocycles. The van der Waals surface area contributed by atoms with E-state index in [-0.39, 0.29) is 11.3 Å². The molecule has 0 saturated carbocycles. The maximum atomic E-state index is 12.6. The second kappa shape index (κ2) is 3.80. The van der Waals surface area contributed by atoms with Gasteiger partial charge in [-0.2, -0.15) is 0 Å². The second-order valence-corrected chi connectivity index (χ2v) is 2.39. The van der Waals surface area contributed by atoms with Gasteiger partial charge in [0.05, 0.1) is 5.56 Å². The van der Waals surface area contributed by atoms with Crippen LogP contribution in [-0.2, 0) is 4.79 Å². The zero-order valence-electron chi connectivity index (χ0n) is 6.91. The van der Waals surface area contributed by atoms with Crippen molar-refractivity contribution in [2.24, 2.45) is 0 Å². The summed E-state index contributed by atoms with van der Waals surface area (Å²) in [5.41, 5.74) is 0.150. The molecule has 68 valence electrons. The molecule has 0 atom stereocenters.